The molecule has 0 amide bonds. The molecule has 4 nitrogen and oxygen atoms in total. The van der Waals surface area contributed by atoms with Crippen LogP contribution in [0.4, 0.5) is 5.69 Å². The van der Waals surface area contributed by atoms with Crippen molar-refractivity contribution < 1.29 is 13.5 Å². The van der Waals surface area contributed by atoms with Crippen molar-refractivity contribution >= 4 is 15.7 Å². The molecule has 0 radical (unpaired) electrons. The second-order valence-electron chi connectivity index (χ2n) is 4.23. The third-order valence-corrected chi connectivity index (χ3v) is 4.31. The molecule has 0 fully saturated rings. The third kappa shape index (κ3) is 3.13. The topological polar surface area (TPSA) is 66.4 Å². The van der Waals surface area contributed by atoms with Crippen molar-refractivity contribution in [1.29, 1.82) is 0 Å². The van der Waals surface area contributed by atoms with E-state index in [0.29, 0.717) is 11.3 Å². The Morgan fingerprint density at radius 1 is 1.05 bits per heavy atom. The van der Waals surface area contributed by atoms with Crippen LogP contribution in [0.2, 0.25) is 0 Å². The lowest BCUT2D eigenvalue weighted by Crippen LogP contribution is -2.14. The number of anilines is 1. The van der Waals surface area contributed by atoms with E-state index in [1.54, 1.807) is 55.5 Å². The van der Waals surface area contributed by atoms with Gasteiger partial charge >= 0.3 is 0 Å². The third-order valence-electron chi connectivity index (χ3n) is 2.77. The minimum atomic E-state index is -3.58. The number of aryl methyl sites for hydroxylation is 1. The summed E-state index contributed by atoms with van der Waals surface area (Å²) in [5.74, 6) is 0. The highest BCUT2D eigenvalue weighted by atomic mass is 32.2. The van der Waals surface area contributed by atoms with Crippen LogP contribution in [-0.2, 0) is 16.6 Å². The maximum Gasteiger partial charge on any atom is 0.262 e. The van der Waals surface area contributed by atoms with Gasteiger partial charge in [0.2, 0.25) is 0 Å². The fourth-order valence-electron chi connectivity index (χ4n) is 1.75. The molecule has 100 valence electrons. The van der Waals surface area contributed by atoms with Crippen LogP contribution in [0.15, 0.2) is 53.4 Å². The van der Waals surface area contributed by atoms with Gasteiger partial charge in [0.1, 0.15) is 0 Å². The summed E-state index contributed by atoms with van der Waals surface area (Å²) in [6.45, 7) is 1.69. The summed E-state index contributed by atoms with van der Waals surface area (Å²) in [6, 6.07) is 13.4. The monoisotopic (exact) mass is 277 g/mol. The largest absolute Gasteiger partial charge is 0.392 e. The Morgan fingerprint density at radius 2 is 1.68 bits per heavy atom. The Bertz CT molecular complexity index is 663. The second kappa shape index (κ2) is 5.42. The summed E-state index contributed by atoms with van der Waals surface area (Å²) in [4.78, 5) is 0.265. The number of nitrogens with one attached hydrogen (secondary N) is 1. The smallest absolute Gasteiger partial charge is 0.262 e. The fourth-order valence-corrected chi connectivity index (χ4v) is 3.05. The molecule has 2 aromatic carbocycles. The van der Waals surface area contributed by atoms with E-state index in [-0.39, 0.29) is 11.5 Å². The van der Waals surface area contributed by atoms with Gasteiger partial charge in [0.15, 0.2) is 0 Å². The van der Waals surface area contributed by atoms with Gasteiger partial charge in [-0.15, -0.1) is 0 Å². The van der Waals surface area contributed by atoms with E-state index in [1.807, 2.05) is 0 Å². The van der Waals surface area contributed by atoms with E-state index in [9.17, 15) is 8.42 Å². The Morgan fingerprint density at radius 3 is 2.26 bits per heavy atom. The standard InChI is InChI=1S/C14H15NO3S/c1-11-4-2-3-5-14(11)19(17,18)15-13-8-6-12(10-16)7-9-13/h2-9,15-16H,10H2,1H3. The molecule has 0 saturated heterocycles. The molecule has 0 unspecified atom stereocenters. The Hall–Kier alpha value is -1.85. The lowest BCUT2D eigenvalue weighted by Gasteiger charge is -2.10. The van der Waals surface area contributed by atoms with Gasteiger partial charge in [-0.05, 0) is 36.2 Å². The highest BCUT2D eigenvalue weighted by Crippen LogP contribution is 2.19. The zero-order valence-corrected chi connectivity index (χ0v) is 11.3. The molecule has 0 bridgehead atoms. The highest BCUT2D eigenvalue weighted by molar-refractivity contribution is 7.92. The van der Waals surface area contributed by atoms with Gasteiger partial charge in [-0.2, -0.15) is 0 Å². The molecule has 0 aliphatic carbocycles. The molecule has 0 atom stereocenters. The molecular formula is C14H15NO3S. The van der Waals surface area contributed by atoms with Crippen LogP contribution >= 0.6 is 0 Å². The molecule has 19 heavy (non-hydrogen) atoms. The molecular weight excluding hydrogens is 262 g/mol. The van der Waals surface area contributed by atoms with E-state index in [4.69, 9.17) is 5.11 Å². The Labute approximate surface area is 112 Å². The number of aliphatic hydroxyl groups excluding tert-OH is 1. The van der Waals surface area contributed by atoms with Gasteiger partial charge in [-0.3, -0.25) is 4.72 Å². The quantitative estimate of drug-likeness (QED) is 0.901. The predicted molar refractivity (Wildman–Crippen MR) is 74.4 cm³/mol. The predicted octanol–water partition coefficient (Wildman–Crippen LogP) is 2.29. The maximum absolute atomic E-state index is 12.2. The van der Waals surface area contributed by atoms with Crippen molar-refractivity contribution in [3.05, 3.63) is 59.7 Å². The summed E-state index contributed by atoms with van der Waals surface area (Å²) in [6.07, 6.45) is 0. The van der Waals surface area contributed by atoms with E-state index < -0.39 is 10.0 Å². The lowest BCUT2D eigenvalue weighted by atomic mass is 10.2. The molecule has 0 heterocycles. The van der Waals surface area contributed by atoms with E-state index in [0.717, 1.165) is 5.56 Å². The van der Waals surface area contributed by atoms with Gasteiger partial charge in [-0.25, -0.2) is 8.42 Å². The van der Waals surface area contributed by atoms with Crippen molar-refractivity contribution in [2.24, 2.45) is 0 Å². The van der Waals surface area contributed by atoms with Gasteiger partial charge < -0.3 is 5.11 Å². The first-order chi connectivity index (χ1) is 9.03. The van der Waals surface area contributed by atoms with Crippen LogP contribution in [0.3, 0.4) is 0 Å². The number of aliphatic hydroxyl groups is 1. The van der Waals surface area contributed by atoms with Crippen molar-refractivity contribution in [1.82, 2.24) is 0 Å². The maximum atomic E-state index is 12.2. The van der Waals surface area contributed by atoms with Crippen molar-refractivity contribution in [3.8, 4) is 0 Å². The first-order valence-corrected chi connectivity index (χ1v) is 7.29. The van der Waals surface area contributed by atoms with Crippen LogP contribution in [0.5, 0.6) is 0 Å². The molecule has 5 heteroatoms. The van der Waals surface area contributed by atoms with Crippen molar-refractivity contribution in [2.75, 3.05) is 4.72 Å². The average molecular weight is 277 g/mol. The molecule has 0 spiro atoms. The first kappa shape index (κ1) is 13.6. The second-order valence-corrected chi connectivity index (χ2v) is 5.88. The zero-order valence-electron chi connectivity index (χ0n) is 10.5. The zero-order chi connectivity index (χ0) is 13.9. The van der Waals surface area contributed by atoms with E-state index >= 15 is 0 Å². The van der Waals surface area contributed by atoms with Gasteiger partial charge in [0, 0.05) is 5.69 Å². The van der Waals surface area contributed by atoms with Gasteiger partial charge in [-0.1, -0.05) is 30.3 Å². The summed E-state index contributed by atoms with van der Waals surface area (Å²) in [7, 11) is -3.58. The molecule has 2 N–H and O–H groups in total. The summed E-state index contributed by atoms with van der Waals surface area (Å²) < 4.78 is 27.0. The molecule has 0 aliphatic rings. The molecule has 0 saturated carbocycles. The summed E-state index contributed by atoms with van der Waals surface area (Å²) in [5.41, 5.74) is 1.90. The Balaban J connectivity index is 2.28. The molecule has 2 aromatic rings. The number of sulfonamides is 1. The first-order valence-electron chi connectivity index (χ1n) is 5.81. The molecule has 0 aliphatic heterocycles. The lowest BCUT2D eigenvalue weighted by molar-refractivity contribution is 0.282. The number of rotatable bonds is 4. The van der Waals surface area contributed by atoms with Crippen molar-refractivity contribution in [2.45, 2.75) is 18.4 Å². The minimum Gasteiger partial charge on any atom is -0.392 e. The minimum absolute atomic E-state index is 0.0647. The van der Waals surface area contributed by atoms with E-state index in [1.165, 1.54) is 0 Å². The van der Waals surface area contributed by atoms with Crippen LogP contribution in [0, 0.1) is 6.92 Å². The van der Waals surface area contributed by atoms with Crippen LogP contribution in [0.1, 0.15) is 11.1 Å². The fraction of sp³-hybridized carbons (Fsp3) is 0.143. The van der Waals surface area contributed by atoms with E-state index in [2.05, 4.69) is 4.72 Å². The van der Waals surface area contributed by atoms with Gasteiger partial charge in [0.25, 0.3) is 10.0 Å². The summed E-state index contributed by atoms with van der Waals surface area (Å²) in [5, 5.41) is 8.94. The highest BCUT2D eigenvalue weighted by Gasteiger charge is 2.15. The Kier molecular flexibility index (Phi) is 3.87. The number of hydrogen-bond acceptors (Lipinski definition) is 3. The van der Waals surface area contributed by atoms with Crippen LogP contribution in [0.25, 0.3) is 0 Å². The molecule has 2 rings (SSSR count). The summed E-state index contributed by atoms with van der Waals surface area (Å²) >= 11 is 0. The van der Waals surface area contributed by atoms with Crippen LogP contribution < -0.4 is 4.72 Å². The number of benzene rings is 2. The van der Waals surface area contributed by atoms with Gasteiger partial charge in [0.05, 0.1) is 11.5 Å². The number of hydrogen-bond donors (Lipinski definition) is 2. The molecule has 0 aromatic heterocycles. The average Bonchev–Trinajstić information content (AvgIpc) is 2.39. The van der Waals surface area contributed by atoms with Crippen LogP contribution in [-0.4, -0.2) is 13.5 Å². The normalized spacial score (nSPS) is 11.3. The van der Waals surface area contributed by atoms with Crippen molar-refractivity contribution in [3.63, 3.8) is 0 Å². The SMILES string of the molecule is Cc1ccccc1S(=O)(=O)Nc1ccc(CO)cc1.